The Morgan fingerprint density at radius 1 is 1.26 bits per heavy atom. The third-order valence-corrected chi connectivity index (χ3v) is 4.30. The summed E-state index contributed by atoms with van der Waals surface area (Å²) in [6.07, 6.45) is 1.91. The highest BCUT2D eigenvalue weighted by Crippen LogP contribution is 2.36. The molecule has 0 radical (unpaired) electrons. The zero-order valence-electron chi connectivity index (χ0n) is 13.9. The standard InChI is InChI=1S/C17H22INO4/c1-5-22-15(20)12-8-6-7-11(12)13-9-10-14(18)19(13)16(21)23-17(2,3)4/h9-10H,5-8H2,1-4H3. The van der Waals surface area contributed by atoms with Crippen molar-refractivity contribution < 1.29 is 19.1 Å². The van der Waals surface area contributed by atoms with E-state index >= 15 is 0 Å². The number of nitrogens with zero attached hydrogens (tertiary/aromatic N) is 1. The van der Waals surface area contributed by atoms with Gasteiger partial charge in [0, 0.05) is 5.57 Å². The lowest BCUT2D eigenvalue weighted by atomic mass is 10.1. The molecular weight excluding hydrogens is 409 g/mol. The summed E-state index contributed by atoms with van der Waals surface area (Å²) in [7, 11) is 0. The number of esters is 1. The number of halogens is 1. The molecule has 6 heteroatoms. The Kier molecular flexibility index (Phi) is 5.54. The molecule has 0 saturated carbocycles. The van der Waals surface area contributed by atoms with Gasteiger partial charge < -0.3 is 9.47 Å². The topological polar surface area (TPSA) is 57.5 Å². The van der Waals surface area contributed by atoms with Crippen molar-refractivity contribution in [3.63, 3.8) is 0 Å². The SMILES string of the molecule is CCOC(=O)C1=C(c2ccc(I)n2C(=O)OC(C)(C)C)CCC1. The van der Waals surface area contributed by atoms with Gasteiger partial charge >= 0.3 is 12.1 Å². The molecule has 0 aliphatic heterocycles. The maximum Gasteiger partial charge on any atom is 0.419 e. The van der Waals surface area contributed by atoms with Crippen molar-refractivity contribution >= 4 is 40.2 Å². The van der Waals surface area contributed by atoms with Crippen LogP contribution in [0.2, 0.25) is 0 Å². The van der Waals surface area contributed by atoms with Gasteiger partial charge in [-0.25, -0.2) is 14.2 Å². The van der Waals surface area contributed by atoms with Crippen molar-refractivity contribution in [3.8, 4) is 0 Å². The van der Waals surface area contributed by atoms with Crippen LogP contribution in [-0.2, 0) is 14.3 Å². The number of ether oxygens (including phenoxy) is 2. The highest BCUT2D eigenvalue weighted by molar-refractivity contribution is 14.1. The number of rotatable bonds is 3. The Hall–Kier alpha value is -1.31. The Morgan fingerprint density at radius 3 is 2.57 bits per heavy atom. The first-order valence-corrected chi connectivity index (χ1v) is 8.82. The fourth-order valence-corrected chi connectivity index (χ4v) is 3.25. The van der Waals surface area contributed by atoms with Crippen molar-refractivity contribution in [1.29, 1.82) is 0 Å². The van der Waals surface area contributed by atoms with Gasteiger partial charge in [-0.15, -0.1) is 0 Å². The maximum absolute atomic E-state index is 12.5. The fourth-order valence-electron chi connectivity index (χ4n) is 2.61. The molecule has 0 aromatic carbocycles. The molecule has 0 amide bonds. The minimum atomic E-state index is -0.574. The van der Waals surface area contributed by atoms with Crippen LogP contribution in [0.1, 0.15) is 52.7 Å². The number of carbonyl (C=O) groups excluding carboxylic acids is 2. The lowest BCUT2D eigenvalue weighted by Gasteiger charge is -2.21. The normalized spacial score (nSPS) is 15.0. The minimum Gasteiger partial charge on any atom is -0.463 e. The van der Waals surface area contributed by atoms with Crippen LogP contribution in [0, 0.1) is 3.70 Å². The molecule has 0 fully saturated rings. The third kappa shape index (κ3) is 4.16. The van der Waals surface area contributed by atoms with Gasteiger partial charge in [-0.3, -0.25) is 0 Å². The lowest BCUT2D eigenvalue weighted by Crippen LogP contribution is -2.28. The molecule has 0 N–H and O–H groups in total. The van der Waals surface area contributed by atoms with E-state index in [1.54, 1.807) is 6.92 Å². The van der Waals surface area contributed by atoms with Crippen molar-refractivity contribution in [1.82, 2.24) is 4.57 Å². The number of hydrogen-bond donors (Lipinski definition) is 0. The molecule has 126 valence electrons. The van der Waals surface area contributed by atoms with Crippen LogP contribution in [0.3, 0.4) is 0 Å². The molecular formula is C17H22INO4. The maximum atomic E-state index is 12.5. The molecule has 1 aromatic heterocycles. The van der Waals surface area contributed by atoms with E-state index in [0.717, 1.165) is 27.8 Å². The Bertz CT molecular complexity index is 652. The number of hydrogen-bond acceptors (Lipinski definition) is 4. The third-order valence-electron chi connectivity index (χ3n) is 3.46. The van der Waals surface area contributed by atoms with Crippen LogP contribution < -0.4 is 0 Å². The van der Waals surface area contributed by atoms with E-state index in [1.807, 2.05) is 32.9 Å². The first-order valence-electron chi connectivity index (χ1n) is 7.74. The minimum absolute atomic E-state index is 0.285. The summed E-state index contributed by atoms with van der Waals surface area (Å²) in [6, 6.07) is 3.72. The van der Waals surface area contributed by atoms with Crippen molar-refractivity contribution in [2.75, 3.05) is 6.61 Å². The monoisotopic (exact) mass is 431 g/mol. The first kappa shape index (κ1) is 18.0. The Balaban J connectivity index is 2.43. The molecule has 0 saturated heterocycles. The van der Waals surface area contributed by atoms with Crippen LogP contribution >= 0.6 is 22.6 Å². The zero-order valence-corrected chi connectivity index (χ0v) is 16.1. The smallest absolute Gasteiger partial charge is 0.419 e. The predicted molar refractivity (Wildman–Crippen MR) is 96.2 cm³/mol. The Morgan fingerprint density at radius 2 is 1.96 bits per heavy atom. The molecule has 0 spiro atoms. The van der Waals surface area contributed by atoms with Crippen molar-refractivity contribution in [2.45, 2.75) is 52.6 Å². The highest BCUT2D eigenvalue weighted by Gasteiger charge is 2.28. The predicted octanol–water partition coefficient (Wildman–Crippen LogP) is 4.38. The summed E-state index contributed by atoms with van der Waals surface area (Å²) in [6.45, 7) is 7.64. The van der Waals surface area contributed by atoms with Gasteiger partial charge in [0.1, 0.15) is 5.60 Å². The second-order valence-electron chi connectivity index (χ2n) is 6.39. The molecule has 5 nitrogen and oxygen atoms in total. The van der Waals surface area contributed by atoms with Crippen LogP contribution in [0.4, 0.5) is 4.79 Å². The van der Waals surface area contributed by atoms with E-state index in [4.69, 9.17) is 9.47 Å². The zero-order chi connectivity index (χ0) is 17.2. The fraction of sp³-hybridized carbons (Fsp3) is 0.529. The molecule has 1 aromatic rings. The quantitative estimate of drug-likeness (QED) is 0.527. The van der Waals surface area contributed by atoms with Crippen molar-refractivity contribution in [2.24, 2.45) is 0 Å². The molecule has 23 heavy (non-hydrogen) atoms. The molecule has 0 atom stereocenters. The second-order valence-corrected chi connectivity index (χ2v) is 7.49. The van der Waals surface area contributed by atoms with E-state index in [1.165, 1.54) is 4.57 Å². The largest absolute Gasteiger partial charge is 0.463 e. The summed E-state index contributed by atoms with van der Waals surface area (Å²) in [5.74, 6) is -0.285. The van der Waals surface area contributed by atoms with E-state index in [0.29, 0.717) is 18.6 Å². The Labute approximate surface area is 150 Å². The molecule has 0 bridgehead atoms. The summed E-state index contributed by atoms with van der Waals surface area (Å²) in [5, 5.41) is 0. The summed E-state index contributed by atoms with van der Waals surface area (Å²) < 4.78 is 12.9. The number of allylic oxidation sites excluding steroid dienone is 1. The number of aromatic nitrogens is 1. The van der Waals surface area contributed by atoms with Crippen molar-refractivity contribution in [3.05, 3.63) is 27.1 Å². The summed E-state index contributed by atoms with van der Waals surface area (Å²) >= 11 is 2.10. The van der Waals surface area contributed by atoms with E-state index in [-0.39, 0.29) is 5.97 Å². The van der Waals surface area contributed by atoms with Gasteiger partial charge in [-0.1, -0.05) is 0 Å². The average Bonchev–Trinajstić information content (AvgIpc) is 3.02. The van der Waals surface area contributed by atoms with E-state index < -0.39 is 11.7 Å². The molecule has 1 aliphatic carbocycles. The average molecular weight is 431 g/mol. The van der Waals surface area contributed by atoms with Crippen LogP contribution in [0.15, 0.2) is 17.7 Å². The molecule has 1 heterocycles. The number of carbonyl (C=O) groups is 2. The van der Waals surface area contributed by atoms with Gasteiger partial charge in [0.15, 0.2) is 0 Å². The van der Waals surface area contributed by atoms with Gasteiger partial charge in [-0.05, 0) is 87.3 Å². The molecule has 1 aliphatic rings. The van der Waals surface area contributed by atoms with Crippen LogP contribution in [0.25, 0.3) is 5.57 Å². The van der Waals surface area contributed by atoms with Gasteiger partial charge in [0.05, 0.1) is 16.0 Å². The summed E-state index contributed by atoms with van der Waals surface area (Å²) in [4.78, 5) is 24.7. The summed E-state index contributed by atoms with van der Waals surface area (Å²) in [5.41, 5.74) is 1.71. The van der Waals surface area contributed by atoms with E-state index in [9.17, 15) is 9.59 Å². The van der Waals surface area contributed by atoms with E-state index in [2.05, 4.69) is 22.6 Å². The van der Waals surface area contributed by atoms with Crippen LogP contribution in [0.5, 0.6) is 0 Å². The van der Waals surface area contributed by atoms with Gasteiger partial charge in [0.2, 0.25) is 0 Å². The van der Waals surface area contributed by atoms with Gasteiger partial charge in [-0.2, -0.15) is 0 Å². The highest BCUT2D eigenvalue weighted by atomic mass is 127. The first-order chi connectivity index (χ1) is 10.7. The molecule has 0 unspecified atom stereocenters. The lowest BCUT2D eigenvalue weighted by molar-refractivity contribution is -0.138. The molecule has 2 rings (SSSR count). The van der Waals surface area contributed by atoms with Gasteiger partial charge in [0.25, 0.3) is 0 Å². The van der Waals surface area contributed by atoms with Crippen LogP contribution in [-0.4, -0.2) is 28.8 Å². The second kappa shape index (κ2) is 7.07.